The fourth-order valence-corrected chi connectivity index (χ4v) is 4.10. The van der Waals surface area contributed by atoms with E-state index < -0.39 is 0 Å². The van der Waals surface area contributed by atoms with Gasteiger partial charge in [-0.1, -0.05) is 49.4 Å². The van der Waals surface area contributed by atoms with Gasteiger partial charge in [0.15, 0.2) is 0 Å². The second-order valence-corrected chi connectivity index (χ2v) is 8.85. The van der Waals surface area contributed by atoms with Crippen molar-refractivity contribution in [2.45, 2.75) is 39.4 Å². The zero-order valence-electron chi connectivity index (χ0n) is 18.9. The molecule has 170 valence electrons. The zero-order chi connectivity index (χ0) is 23.6. The van der Waals surface area contributed by atoms with Crippen LogP contribution in [0.3, 0.4) is 0 Å². The zero-order valence-corrected chi connectivity index (χ0v) is 19.7. The number of hydrogen-bond donors (Lipinski definition) is 1. The third-order valence-corrected chi connectivity index (χ3v) is 6.29. The molecule has 0 fully saturated rings. The van der Waals surface area contributed by atoms with Crippen molar-refractivity contribution in [1.29, 1.82) is 5.26 Å². The van der Waals surface area contributed by atoms with Crippen LogP contribution in [0.15, 0.2) is 72.1 Å². The third kappa shape index (κ3) is 6.93. The summed E-state index contributed by atoms with van der Waals surface area (Å²) >= 11 is 1.61. The van der Waals surface area contributed by atoms with E-state index >= 15 is 0 Å². The van der Waals surface area contributed by atoms with Crippen LogP contribution >= 0.6 is 11.3 Å². The molecule has 0 aliphatic carbocycles. The molecule has 0 radical (unpaired) electrons. The van der Waals surface area contributed by atoms with Crippen molar-refractivity contribution in [3.8, 4) is 6.07 Å². The molecule has 1 heterocycles. The summed E-state index contributed by atoms with van der Waals surface area (Å²) in [7, 11) is 0. The van der Waals surface area contributed by atoms with Gasteiger partial charge in [-0.15, -0.1) is 11.3 Å². The predicted octanol–water partition coefficient (Wildman–Crippen LogP) is 5.48. The van der Waals surface area contributed by atoms with Gasteiger partial charge in [-0.05, 0) is 48.6 Å². The standard InChI is InChI=1S/C26H28N4O2S/c1-3-20(2)30(26(32)28-23-12-7-11-22(15-23)16-27)19-25(31)29(18-24-13-8-14-33-24)17-21-9-5-4-6-10-21/h4-15,20H,3,17-19H2,1-2H3,(H,28,32). The highest BCUT2D eigenvalue weighted by atomic mass is 32.1. The van der Waals surface area contributed by atoms with E-state index in [0.29, 0.717) is 30.8 Å². The van der Waals surface area contributed by atoms with Crippen LogP contribution in [0.2, 0.25) is 0 Å². The number of nitrogens with one attached hydrogen (secondary N) is 1. The Bertz CT molecular complexity index is 1090. The summed E-state index contributed by atoms with van der Waals surface area (Å²) < 4.78 is 0. The summed E-state index contributed by atoms with van der Waals surface area (Å²) in [5, 5.41) is 13.9. The molecule has 1 aromatic heterocycles. The maximum Gasteiger partial charge on any atom is 0.322 e. The fraction of sp³-hybridized carbons (Fsp3) is 0.269. The van der Waals surface area contributed by atoms with Gasteiger partial charge in [-0.25, -0.2) is 4.79 Å². The highest BCUT2D eigenvalue weighted by Crippen LogP contribution is 2.17. The van der Waals surface area contributed by atoms with Gasteiger partial charge in [0.1, 0.15) is 6.54 Å². The number of hydrogen-bond acceptors (Lipinski definition) is 4. The molecule has 3 aromatic rings. The Morgan fingerprint density at radius 2 is 1.85 bits per heavy atom. The molecule has 3 amide bonds. The van der Waals surface area contributed by atoms with Crippen LogP contribution in [0.25, 0.3) is 0 Å². The van der Waals surface area contributed by atoms with Crippen molar-refractivity contribution in [3.05, 3.63) is 88.1 Å². The van der Waals surface area contributed by atoms with E-state index in [9.17, 15) is 9.59 Å². The van der Waals surface area contributed by atoms with Crippen LogP contribution in [0, 0.1) is 11.3 Å². The number of amides is 3. The molecule has 2 aromatic carbocycles. The number of nitrogens with zero attached hydrogens (tertiary/aromatic N) is 3. The number of carbonyl (C=O) groups excluding carboxylic acids is 2. The smallest absolute Gasteiger partial charge is 0.322 e. The molecule has 0 aliphatic rings. The van der Waals surface area contributed by atoms with Gasteiger partial charge >= 0.3 is 6.03 Å². The first-order chi connectivity index (χ1) is 16.0. The molecule has 0 bridgehead atoms. The molecule has 33 heavy (non-hydrogen) atoms. The number of carbonyl (C=O) groups is 2. The minimum Gasteiger partial charge on any atom is -0.332 e. The SMILES string of the molecule is CCC(C)N(CC(=O)N(Cc1ccccc1)Cc1cccs1)C(=O)Nc1cccc(C#N)c1. The Hall–Kier alpha value is -3.63. The highest BCUT2D eigenvalue weighted by Gasteiger charge is 2.25. The summed E-state index contributed by atoms with van der Waals surface area (Å²) in [4.78, 5) is 31.0. The van der Waals surface area contributed by atoms with Crippen molar-refractivity contribution in [2.24, 2.45) is 0 Å². The minimum absolute atomic E-state index is 0.0308. The number of nitriles is 1. The first-order valence-electron chi connectivity index (χ1n) is 10.9. The minimum atomic E-state index is -0.358. The van der Waals surface area contributed by atoms with E-state index in [1.165, 1.54) is 0 Å². The van der Waals surface area contributed by atoms with Crippen molar-refractivity contribution in [1.82, 2.24) is 9.80 Å². The largest absolute Gasteiger partial charge is 0.332 e. The van der Waals surface area contributed by atoms with Crippen molar-refractivity contribution in [3.63, 3.8) is 0 Å². The average Bonchev–Trinajstić information content (AvgIpc) is 3.35. The van der Waals surface area contributed by atoms with Gasteiger partial charge in [-0.3, -0.25) is 4.79 Å². The van der Waals surface area contributed by atoms with Crippen LogP contribution < -0.4 is 5.32 Å². The Morgan fingerprint density at radius 3 is 2.52 bits per heavy atom. The summed E-state index contributed by atoms with van der Waals surface area (Å²) in [6.45, 7) is 4.85. The maximum atomic E-state index is 13.4. The van der Waals surface area contributed by atoms with Gasteiger partial charge in [0.2, 0.25) is 5.91 Å². The highest BCUT2D eigenvalue weighted by molar-refractivity contribution is 7.09. The maximum absolute atomic E-state index is 13.4. The molecule has 7 heteroatoms. The lowest BCUT2D eigenvalue weighted by molar-refractivity contribution is -0.133. The molecule has 0 aliphatic heterocycles. The molecule has 1 unspecified atom stereocenters. The van der Waals surface area contributed by atoms with Crippen molar-refractivity contribution >= 4 is 29.0 Å². The molecule has 3 rings (SSSR count). The first kappa shape index (κ1) is 24.0. The summed E-state index contributed by atoms with van der Waals surface area (Å²) in [5.41, 5.74) is 2.03. The van der Waals surface area contributed by atoms with Crippen LogP contribution in [-0.2, 0) is 17.9 Å². The molecular formula is C26H28N4O2S. The molecule has 6 nitrogen and oxygen atoms in total. The van der Waals surface area contributed by atoms with E-state index in [4.69, 9.17) is 5.26 Å². The fourth-order valence-electron chi connectivity index (χ4n) is 3.38. The van der Waals surface area contributed by atoms with Crippen LogP contribution in [0.4, 0.5) is 10.5 Å². The van der Waals surface area contributed by atoms with Gasteiger partial charge in [0.05, 0.1) is 18.2 Å². The van der Waals surface area contributed by atoms with Gasteiger partial charge in [0.25, 0.3) is 0 Å². The predicted molar refractivity (Wildman–Crippen MR) is 132 cm³/mol. The van der Waals surface area contributed by atoms with Crippen LogP contribution in [0.5, 0.6) is 0 Å². The monoisotopic (exact) mass is 460 g/mol. The number of urea groups is 1. The van der Waals surface area contributed by atoms with Crippen molar-refractivity contribution < 1.29 is 9.59 Å². The van der Waals surface area contributed by atoms with E-state index in [1.54, 1.807) is 45.4 Å². The average molecular weight is 461 g/mol. The first-order valence-corrected chi connectivity index (χ1v) is 11.8. The lowest BCUT2D eigenvalue weighted by Gasteiger charge is -2.31. The molecule has 0 saturated heterocycles. The van der Waals surface area contributed by atoms with E-state index in [-0.39, 0.29) is 24.5 Å². The van der Waals surface area contributed by atoms with Gasteiger partial charge in [-0.2, -0.15) is 5.26 Å². The lowest BCUT2D eigenvalue weighted by atomic mass is 10.2. The quantitative estimate of drug-likeness (QED) is 0.459. The van der Waals surface area contributed by atoms with Crippen LogP contribution in [-0.4, -0.2) is 34.3 Å². The molecule has 1 N–H and O–H groups in total. The third-order valence-electron chi connectivity index (χ3n) is 5.43. The van der Waals surface area contributed by atoms with Gasteiger partial charge < -0.3 is 15.1 Å². The van der Waals surface area contributed by atoms with Crippen LogP contribution in [0.1, 0.15) is 36.3 Å². The summed E-state index contributed by atoms with van der Waals surface area (Å²) in [6.07, 6.45) is 0.711. The summed E-state index contributed by atoms with van der Waals surface area (Å²) in [6, 6.07) is 22.2. The number of thiophene rings is 1. The Morgan fingerprint density at radius 1 is 1.06 bits per heavy atom. The molecular weight excluding hydrogens is 432 g/mol. The Kier molecular flexibility index (Phi) is 8.62. The Balaban J connectivity index is 1.77. The number of anilines is 1. The van der Waals surface area contributed by atoms with Crippen molar-refractivity contribution in [2.75, 3.05) is 11.9 Å². The van der Waals surface area contributed by atoms with E-state index in [2.05, 4.69) is 11.4 Å². The lowest BCUT2D eigenvalue weighted by Crippen LogP contribution is -2.47. The second-order valence-electron chi connectivity index (χ2n) is 7.82. The molecule has 0 spiro atoms. The second kappa shape index (κ2) is 11.8. The number of benzene rings is 2. The van der Waals surface area contributed by atoms with Gasteiger partial charge in [0, 0.05) is 23.2 Å². The summed E-state index contributed by atoms with van der Waals surface area (Å²) in [5.74, 6) is -0.117. The normalized spacial score (nSPS) is 11.3. The van der Waals surface area contributed by atoms with E-state index in [1.807, 2.05) is 61.7 Å². The number of rotatable bonds is 9. The molecule has 0 saturated carbocycles. The molecule has 1 atom stereocenters. The topological polar surface area (TPSA) is 76.4 Å². The van der Waals surface area contributed by atoms with E-state index in [0.717, 1.165) is 10.4 Å². The Labute approximate surface area is 199 Å².